The zero-order chi connectivity index (χ0) is 17.8. The number of hydrogen-bond donors (Lipinski definition) is 2. The zero-order valence-corrected chi connectivity index (χ0v) is 14.4. The van der Waals surface area contributed by atoms with E-state index in [1.807, 2.05) is 12.1 Å². The molecule has 8 nitrogen and oxygen atoms in total. The number of aliphatic imine (C=N–C) groups is 2. The molecule has 9 heteroatoms. The summed E-state index contributed by atoms with van der Waals surface area (Å²) >= 11 is 0. The summed E-state index contributed by atoms with van der Waals surface area (Å²) in [6, 6.07) is 14.1. The summed E-state index contributed by atoms with van der Waals surface area (Å²) in [7, 11) is 0. The quantitative estimate of drug-likeness (QED) is 0.278. The average Bonchev–Trinajstić information content (AvgIpc) is 2.53. The third-order valence-electron chi connectivity index (χ3n) is 2.69. The first-order valence-electron chi connectivity index (χ1n) is 6.88. The Labute approximate surface area is 155 Å². The molecule has 126 valence electrons. The summed E-state index contributed by atoms with van der Waals surface area (Å²) in [6.45, 7) is 1.05. The molecule has 0 saturated carbocycles. The van der Waals surface area contributed by atoms with E-state index in [9.17, 15) is 10.2 Å². The van der Waals surface area contributed by atoms with Crippen molar-refractivity contribution in [3.8, 4) is 11.5 Å². The Bertz CT molecular complexity index is 663. The first-order valence-corrected chi connectivity index (χ1v) is 6.88. The number of benzene rings is 2. The Hall–Kier alpha value is -2.89. The molecule has 2 aromatic rings. The van der Waals surface area contributed by atoms with Gasteiger partial charge in [-0.05, 0) is 24.3 Å². The number of phenolic OH excluding ortho intramolecular Hbond substituents is 2. The van der Waals surface area contributed by atoms with Crippen molar-refractivity contribution in [1.82, 2.24) is 0 Å². The topological polar surface area (TPSA) is 131 Å². The first-order chi connectivity index (χ1) is 11.5. The predicted octanol–water partition coefficient (Wildman–Crippen LogP) is 2.02. The van der Waals surface area contributed by atoms with Crippen molar-refractivity contribution >= 4 is 29.8 Å². The van der Waals surface area contributed by atoms with Crippen LogP contribution in [-0.2, 0) is 0 Å². The molecule has 0 aliphatic heterocycles. The SMILES string of the molecule is O=[N+]([O-])[O-].Oc1ccccc1C=NCCN=Cc1ccccc1O.[Al+3]. The molecule has 0 aliphatic carbocycles. The number of nitrogens with zero attached hydrogens (tertiary/aromatic N) is 3. The summed E-state index contributed by atoms with van der Waals surface area (Å²) in [6.07, 6.45) is 3.26. The van der Waals surface area contributed by atoms with Crippen molar-refractivity contribution in [2.45, 2.75) is 0 Å². The van der Waals surface area contributed by atoms with Crippen molar-refractivity contribution < 1.29 is 15.3 Å². The fourth-order valence-corrected chi connectivity index (χ4v) is 1.63. The van der Waals surface area contributed by atoms with Gasteiger partial charge in [-0.15, -0.1) is 0 Å². The molecule has 0 amide bonds. The Morgan fingerprint density at radius 1 is 0.840 bits per heavy atom. The van der Waals surface area contributed by atoms with E-state index in [0.29, 0.717) is 24.2 Å². The summed E-state index contributed by atoms with van der Waals surface area (Å²) in [5.41, 5.74) is 1.38. The minimum Gasteiger partial charge on any atom is -0.507 e. The molecule has 0 spiro atoms. The molecule has 2 rings (SSSR count). The van der Waals surface area contributed by atoms with Crippen molar-refractivity contribution in [3.05, 3.63) is 75.0 Å². The largest absolute Gasteiger partial charge is 3.00 e. The van der Waals surface area contributed by atoms with Crippen LogP contribution >= 0.6 is 0 Å². The molecular weight excluding hydrogens is 341 g/mol. The number of aromatic hydroxyl groups is 2. The third kappa shape index (κ3) is 9.76. The minimum absolute atomic E-state index is 0. The maximum Gasteiger partial charge on any atom is 3.00 e. The maximum atomic E-state index is 9.54. The minimum atomic E-state index is -1.75. The van der Waals surface area contributed by atoms with Gasteiger partial charge in [-0.1, -0.05) is 24.3 Å². The van der Waals surface area contributed by atoms with Crippen molar-refractivity contribution in [1.29, 1.82) is 0 Å². The molecule has 0 unspecified atom stereocenters. The molecule has 0 bridgehead atoms. The second-order valence-electron chi connectivity index (χ2n) is 4.41. The standard InChI is InChI=1S/C16H16N2O2.Al.NO3/c19-15-7-3-1-5-13(15)11-17-9-10-18-12-14-6-2-4-8-16(14)20;;2-1(3)4/h1-8,11-12,19-20H,9-10H2;;/q;+3;-1. The van der Waals surface area contributed by atoms with E-state index in [0.717, 1.165) is 0 Å². The van der Waals surface area contributed by atoms with Crippen LogP contribution in [0.15, 0.2) is 58.5 Å². The van der Waals surface area contributed by atoms with Crippen LogP contribution in [-0.4, -0.2) is 58.2 Å². The van der Waals surface area contributed by atoms with Gasteiger partial charge in [0, 0.05) is 23.6 Å². The summed E-state index contributed by atoms with van der Waals surface area (Å²) < 4.78 is 0. The van der Waals surface area contributed by atoms with Crippen LogP contribution in [0.5, 0.6) is 11.5 Å². The second-order valence-corrected chi connectivity index (χ2v) is 4.41. The van der Waals surface area contributed by atoms with E-state index in [2.05, 4.69) is 9.98 Å². The molecule has 0 aliphatic rings. The van der Waals surface area contributed by atoms with E-state index in [1.165, 1.54) is 0 Å². The zero-order valence-electron chi connectivity index (χ0n) is 13.2. The van der Waals surface area contributed by atoms with Crippen LogP contribution in [0.25, 0.3) is 0 Å². The molecule has 0 saturated heterocycles. The first kappa shape index (κ1) is 22.1. The molecule has 2 N–H and O–H groups in total. The summed E-state index contributed by atoms with van der Waals surface area (Å²) in [5, 5.41) is 33.8. The predicted molar refractivity (Wildman–Crippen MR) is 97.3 cm³/mol. The Balaban J connectivity index is 0.00000104. The molecule has 25 heavy (non-hydrogen) atoms. The summed E-state index contributed by atoms with van der Waals surface area (Å²) in [5.74, 6) is 0.433. The second kappa shape index (κ2) is 12.5. The van der Waals surface area contributed by atoms with Crippen LogP contribution in [0.1, 0.15) is 11.1 Å². The third-order valence-corrected chi connectivity index (χ3v) is 2.69. The van der Waals surface area contributed by atoms with Gasteiger partial charge in [0.05, 0.1) is 18.2 Å². The van der Waals surface area contributed by atoms with Gasteiger partial charge in [0.1, 0.15) is 11.5 Å². The van der Waals surface area contributed by atoms with Gasteiger partial charge < -0.3 is 25.5 Å². The van der Waals surface area contributed by atoms with Crippen LogP contribution in [0, 0.1) is 15.3 Å². The van der Waals surface area contributed by atoms with Crippen molar-refractivity contribution in [2.24, 2.45) is 9.98 Å². The van der Waals surface area contributed by atoms with Crippen molar-refractivity contribution in [2.75, 3.05) is 13.1 Å². The number of phenols is 2. The van der Waals surface area contributed by atoms with Gasteiger partial charge in [-0.3, -0.25) is 9.98 Å². The molecule has 0 aromatic heterocycles. The van der Waals surface area contributed by atoms with Gasteiger partial charge in [0.2, 0.25) is 0 Å². The van der Waals surface area contributed by atoms with E-state index in [4.69, 9.17) is 15.3 Å². The van der Waals surface area contributed by atoms with Crippen molar-refractivity contribution in [3.63, 3.8) is 0 Å². The van der Waals surface area contributed by atoms with Gasteiger partial charge in [-0.25, -0.2) is 0 Å². The molecular formula is C16H16AlN3O5+2. The molecule has 0 heterocycles. The smallest absolute Gasteiger partial charge is 0.507 e. The number of rotatable bonds is 5. The Morgan fingerprint density at radius 2 is 1.16 bits per heavy atom. The molecule has 0 atom stereocenters. The van der Waals surface area contributed by atoms with E-state index < -0.39 is 5.09 Å². The van der Waals surface area contributed by atoms with Crippen LogP contribution < -0.4 is 0 Å². The maximum absolute atomic E-state index is 9.54. The van der Waals surface area contributed by atoms with Crippen LogP contribution in [0.3, 0.4) is 0 Å². The van der Waals surface area contributed by atoms with Crippen LogP contribution in [0.4, 0.5) is 0 Å². The average molecular weight is 357 g/mol. The fraction of sp³-hybridized carbons (Fsp3) is 0.125. The van der Waals surface area contributed by atoms with E-state index in [-0.39, 0.29) is 28.9 Å². The van der Waals surface area contributed by atoms with E-state index >= 15 is 0 Å². The van der Waals surface area contributed by atoms with Gasteiger partial charge in [0.25, 0.3) is 0 Å². The molecule has 0 radical (unpaired) electrons. The fourth-order valence-electron chi connectivity index (χ4n) is 1.63. The van der Waals surface area contributed by atoms with Crippen LogP contribution in [0.2, 0.25) is 0 Å². The van der Waals surface area contributed by atoms with E-state index in [1.54, 1.807) is 48.8 Å². The Kier molecular flexibility index (Phi) is 11.1. The number of hydrogen-bond acceptors (Lipinski definition) is 7. The monoisotopic (exact) mass is 357 g/mol. The molecule has 0 fully saturated rings. The number of para-hydroxylation sites is 2. The van der Waals surface area contributed by atoms with Gasteiger partial charge in [-0.2, -0.15) is 0 Å². The molecule has 2 aromatic carbocycles. The Morgan fingerprint density at radius 3 is 1.48 bits per heavy atom. The van der Waals surface area contributed by atoms with Gasteiger partial charge >= 0.3 is 17.4 Å². The summed E-state index contributed by atoms with van der Waals surface area (Å²) in [4.78, 5) is 16.6. The normalized spacial score (nSPS) is 10.1. The van der Waals surface area contributed by atoms with Gasteiger partial charge in [0.15, 0.2) is 0 Å².